The Morgan fingerprint density at radius 3 is 2.26 bits per heavy atom. The molecule has 0 aromatic heterocycles. The number of carbonyl (C=O) groups is 2. The average Bonchev–Trinajstić information content (AvgIpc) is 2.79. The van der Waals surface area contributed by atoms with Gasteiger partial charge < -0.3 is 14.8 Å². The van der Waals surface area contributed by atoms with Gasteiger partial charge in [-0.2, -0.15) is 17.6 Å². The van der Waals surface area contributed by atoms with Gasteiger partial charge in [-0.25, -0.2) is 4.79 Å². The number of hydrogen-bond donors (Lipinski definition) is 2. The van der Waals surface area contributed by atoms with Gasteiger partial charge in [0.1, 0.15) is 0 Å². The Morgan fingerprint density at radius 2 is 1.60 bits per heavy atom. The van der Waals surface area contributed by atoms with Gasteiger partial charge in [-0.3, -0.25) is 10.1 Å². The molecular formula is C23H16Cl2F4N2O4. The smallest absolute Gasteiger partial charge is 0.469 e. The fourth-order valence-corrected chi connectivity index (χ4v) is 3.27. The third-order valence-corrected chi connectivity index (χ3v) is 5.12. The third-order valence-electron chi connectivity index (χ3n) is 4.56. The average molecular weight is 531 g/mol. The number of imide groups is 1. The molecule has 3 aromatic rings. The summed E-state index contributed by atoms with van der Waals surface area (Å²) in [5, 5.41) is 4.30. The summed E-state index contributed by atoms with van der Waals surface area (Å²) in [5.41, 5.74) is -1.01. The maximum absolute atomic E-state index is 14.5. The van der Waals surface area contributed by atoms with Crippen LogP contribution in [0.2, 0.25) is 10.0 Å². The number of benzene rings is 3. The van der Waals surface area contributed by atoms with Crippen LogP contribution < -0.4 is 20.1 Å². The molecule has 6 nitrogen and oxygen atoms in total. The molecule has 2 N–H and O–H groups in total. The second kappa shape index (κ2) is 10.4. The predicted octanol–water partition coefficient (Wildman–Crippen LogP) is 6.73. The Morgan fingerprint density at radius 1 is 0.886 bits per heavy atom. The summed E-state index contributed by atoms with van der Waals surface area (Å²) in [7, 11) is 1.08. The van der Waals surface area contributed by atoms with Crippen molar-refractivity contribution in [2.75, 3.05) is 12.4 Å². The lowest BCUT2D eigenvalue weighted by molar-refractivity contribution is -0.316. The molecule has 0 radical (unpaired) electrons. The summed E-state index contributed by atoms with van der Waals surface area (Å²) in [5.74, 6) is -6.64. The highest BCUT2D eigenvalue weighted by Gasteiger charge is 2.61. The highest BCUT2D eigenvalue weighted by molar-refractivity contribution is 6.34. The van der Waals surface area contributed by atoms with Crippen LogP contribution in [0.1, 0.15) is 15.9 Å². The van der Waals surface area contributed by atoms with Gasteiger partial charge >= 0.3 is 18.1 Å². The minimum Gasteiger partial charge on any atom is -0.493 e. The summed E-state index contributed by atoms with van der Waals surface area (Å²) in [6, 6.07) is 11.9. The second-order valence-electron chi connectivity index (χ2n) is 6.96. The van der Waals surface area contributed by atoms with Crippen LogP contribution in [-0.4, -0.2) is 25.2 Å². The minimum atomic E-state index is -4.99. The Labute approximate surface area is 206 Å². The van der Waals surface area contributed by atoms with Crippen LogP contribution in [0.4, 0.5) is 28.0 Å². The van der Waals surface area contributed by atoms with Gasteiger partial charge in [0.05, 0.1) is 17.7 Å². The van der Waals surface area contributed by atoms with Crippen molar-refractivity contribution in [3.63, 3.8) is 0 Å². The van der Waals surface area contributed by atoms with Crippen molar-refractivity contribution in [1.29, 1.82) is 0 Å². The Hall–Kier alpha value is -3.50. The normalized spacial score (nSPS) is 11.5. The number of amides is 3. The molecule has 35 heavy (non-hydrogen) atoms. The molecule has 3 aromatic carbocycles. The fraction of sp³-hybridized carbons (Fsp3) is 0.130. The van der Waals surface area contributed by atoms with E-state index in [1.54, 1.807) is 12.1 Å². The van der Waals surface area contributed by atoms with Crippen LogP contribution >= 0.6 is 23.2 Å². The first kappa shape index (κ1) is 26.1. The number of rotatable bonds is 7. The van der Waals surface area contributed by atoms with Crippen LogP contribution in [-0.2, 0) is 5.92 Å². The van der Waals surface area contributed by atoms with E-state index in [0.717, 1.165) is 37.4 Å². The topological polar surface area (TPSA) is 76.7 Å². The van der Waals surface area contributed by atoms with E-state index in [0.29, 0.717) is 6.07 Å². The molecule has 0 aliphatic rings. The molecule has 0 spiro atoms. The number of alkyl halides is 4. The van der Waals surface area contributed by atoms with Crippen molar-refractivity contribution in [1.82, 2.24) is 5.32 Å². The first-order valence-corrected chi connectivity index (χ1v) is 10.5. The molecular weight excluding hydrogens is 515 g/mol. The molecule has 0 heterocycles. The van der Waals surface area contributed by atoms with E-state index in [1.165, 1.54) is 18.2 Å². The monoisotopic (exact) mass is 530 g/mol. The molecule has 3 amide bonds. The van der Waals surface area contributed by atoms with Crippen LogP contribution in [0.25, 0.3) is 0 Å². The molecule has 0 aliphatic heterocycles. The van der Waals surface area contributed by atoms with Crippen molar-refractivity contribution in [2.24, 2.45) is 0 Å². The quantitative estimate of drug-likeness (QED) is 0.332. The molecule has 0 fully saturated rings. The van der Waals surface area contributed by atoms with E-state index in [1.807, 2.05) is 5.32 Å². The number of hydrogen-bond acceptors (Lipinski definition) is 4. The van der Waals surface area contributed by atoms with Crippen LogP contribution in [0.3, 0.4) is 0 Å². The Balaban J connectivity index is 1.75. The van der Waals surface area contributed by atoms with E-state index in [4.69, 9.17) is 27.9 Å². The van der Waals surface area contributed by atoms with Crippen molar-refractivity contribution in [3.05, 3.63) is 87.9 Å². The van der Waals surface area contributed by atoms with Gasteiger partial charge in [-0.05, 0) is 36.4 Å². The van der Waals surface area contributed by atoms with Crippen molar-refractivity contribution >= 4 is 40.8 Å². The number of ether oxygens (including phenoxy) is 2. The molecule has 0 atom stereocenters. The van der Waals surface area contributed by atoms with Gasteiger partial charge in [-0.1, -0.05) is 47.5 Å². The van der Waals surface area contributed by atoms with E-state index in [2.05, 4.69) is 10.1 Å². The van der Waals surface area contributed by atoms with E-state index < -0.39 is 35.3 Å². The first-order valence-electron chi connectivity index (χ1n) is 9.70. The molecule has 0 aliphatic carbocycles. The van der Waals surface area contributed by atoms with Crippen LogP contribution in [0, 0.1) is 0 Å². The Kier molecular flexibility index (Phi) is 7.76. The largest absolute Gasteiger partial charge is 0.493 e. The lowest BCUT2D eigenvalue weighted by Crippen LogP contribution is -2.43. The fourth-order valence-electron chi connectivity index (χ4n) is 2.86. The summed E-state index contributed by atoms with van der Waals surface area (Å²) < 4.78 is 67.2. The molecule has 0 saturated heterocycles. The highest BCUT2D eigenvalue weighted by atomic mass is 35.5. The Bertz CT molecular complexity index is 1260. The van der Waals surface area contributed by atoms with Crippen molar-refractivity contribution < 1.29 is 36.6 Å². The zero-order chi connectivity index (χ0) is 25.8. The number of nitrogens with one attached hydrogen (secondary N) is 2. The minimum absolute atomic E-state index is 0.0106. The molecule has 12 heteroatoms. The summed E-state index contributed by atoms with van der Waals surface area (Å²) in [6.07, 6.45) is -4.99. The zero-order valence-electron chi connectivity index (χ0n) is 17.8. The number of anilines is 1. The molecule has 0 bridgehead atoms. The predicted molar refractivity (Wildman–Crippen MR) is 122 cm³/mol. The van der Waals surface area contributed by atoms with Gasteiger partial charge in [0.15, 0.2) is 11.5 Å². The number of urea groups is 1. The number of halogens is 6. The SMILES string of the molecule is COc1cc(NC(=O)NC(=O)c2ccccc2Cl)ccc1OC(F)(F)C(F)(F)c1cccc(Cl)c1. The molecule has 3 rings (SSSR count). The maximum atomic E-state index is 14.5. The summed E-state index contributed by atoms with van der Waals surface area (Å²) in [6.45, 7) is 0. The highest BCUT2D eigenvalue weighted by Crippen LogP contribution is 2.46. The molecule has 0 saturated carbocycles. The lowest BCUT2D eigenvalue weighted by Gasteiger charge is -2.27. The maximum Gasteiger partial charge on any atom is 0.469 e. The third kappa shape index (κ3) is 5.95. The van der Waals surface area contributed by atoms with E-state index >= 15 is 0 Å². The van der Waals surface area contributed by atoms with Crippen LogP contribution in [0.5, 0.6) is 11.5 Å². The zero-order valence-corrected chi connectivity index (χ0v) is 19.3. The number of methoxy groups -OCH3 is 1. The lowest BCUT2D eigenvalue weighted by atomic mass is 10.1. The van der Waals surface area contributed by atoms with E-state index in [-0.39, 0.29) is 27.0 Å². The summed E-state index contributed by atoms with van der Waals surface area (Å²) in [4.78, 5) is 24.3. The first-order chi connectivity index (χ1) is 16.4. The summed E-state index contributed by atoms with van der Waals surface area (Å²) >= 11 is 11.5. The van der Waals surface area contributed by atoms with Gasteiger partial charge in [-0.15, -0.1) is 0 Å². The molecule has 184 valence electrons. The van der Waals surface area contributed by atoms with Crippen molar-refractivity contribution in [3.8, 4) is 11.5 Å². The van der Waals surface area contributed by atoms with Crippen LogP contribution in [0.15, 0.2) is 66.7 Å². The standard InChI is InChI=1S/C23H16Cl2F4N2O4/c1-34-19-12-15(30-21(33)31-20(32)16-7-2-3-8-17(16)25)9-10-18(19)35-23(28,29)22(26,27)13-5-4-6-14(24)11-13/h2-12H,1H3,(H2,30,31,32,33). The number of carbonyl (C=O) groups excluding carboxylic acids is 2. The van der Waals surface area contributed by atoms with Gasteiger partial charge in [0.25, 0.3) is 5.91 Å². The van der Waals surface area contributed by atoms with Crippen molar-refractivity contribution in [2.45, 2.75) is 12.0 Å². The second-order valence-corrected chi connectivity index (χ2v) is 7.80. The molecule has 0 unspecified atom stereocenters. The van der Waals surface area contributed by atoms with Gasteiger partial charge in [0, 0.05) is 22.3 Å². The van der Waals surface area contributed by atoms with Gasteiger partial charge in [0.2, 0.25) is 0 Å². The van der Waals surface area contributed by atoms with E-state index in [9.17, 15) is 27.2 Å².